The van der Waals surface area contributed by atoms with Crippen molar-refractivity contribution < 1.29 is 14.3 Å². The van der Waals surface area contributed by atoms with E-state index in [1.807, 2.05) is 30.3 Å². The van der Waals surface area contributed by atoms with Gasteiger partial charge in [0.25, 0.3) is 0 Å². The summed E-state index contributed by atoms with van der Waals surface area (Å²) in [6.07, 6.45) is 2.00. The maximum Gasteiger partial charge on any atom is 0.196 e. The first kappa shape index (κ1) is 15.1. The third-order valence-electron chi connectivity index (χ3n) is 3.22. The Morgan fingerprint density at radius 1 is 1.10 bits per heavy atom. The molecular weight excluding hydrogens is 264 g/mol. The van der Waals surface area contributed by atoms with Crippen LogP contribution in [0.25, 0.3) is 0 Å². The standard InChI is InChI=1S/C18H20O3/c1-3-4-12-21-17-13-15(20-2)10-11-16(17)18(19)14-8-6-5-7-9-14/h5-11,13H,3-4,12H2,1-2H3. The lowest BCUT2D eigenvalue weighted by molar-refractivity contribution is 0.103. The Balaban J connectivity index is 2.30. The van der Waals surface area contributed by atoms with E-state index in [-0.39, 0.29) is 5.78 Å². The van der Waals surface area contributed by atoms with Crippen molar-refractivity contribution in [3.63, 3.8) is 0 Å². The molecule has 0 N–H and O–H groups in total. The van der Waals surface area contributed by atoms with E-state index in [0.717, 1.165) is 12.8 Å². The zero-order valence-corrected chi connectivity index (χ0v) is 12.5. The molecule has 0 unspecified atom stereocenters. The number of benzene rings is 2. The topological polar surface area (TPSA) is 35.5 Å². The highest BCUT2D eigenvalue weighted by molar-refractivity contribution is 6.10. The van der Waals surface area contributed by atoms with E-state index in [9.17, 15) is 4.79 Å². The van der Waals surface area contributed by atoms with Crippen molar-refractivity contribution >= 4 is 5.78 Å². The van der Waals surface area contributed by atoms with Crippen molar-refractivity contribution in [2.45, 2.75) is 19.8 Å². The van der Waals surface area contributed by atoms with Crippen molar-refractivity contribution in [3.8, 4) is 11.5 Å². The highest BCUT2D eigenvalue weighted by Crippen LogP contribution is 2.27. The minimum Gasteiger partial charge on any atom is -0.497 e. The second-order valence-corrected chi connectivity index (χ2v) is 4.76. The second-order valence-electron chi connectivity index (χ2n) is 4.76. The van der Waals surface area contributed by atoms with Gasteiger partial charge in [0.05, 0.1) is 19.3 Å². The molecule has 0 amide bonds. The number of methoxy groups -OCH3 is 1. The number of hydrogen-bond donors (Lipinski definition) is 0. The van der Waals surface area contributed by atoms with Crippen LogP contribution in [0, 0.1) is 0 Å². The second kappa shape index (κ2) is 7.48. The van der Waals surface area contributed by atoms with Gasteiger partial charge in [-0.05, 0) is 18.6 Å². The molecule has 0 saturated carbocycles. The fourth-order valence-electron chi connectivity index (χ4n) is 2.01. The molecule has 3 nitrogen and oxygen atoms in total. The fraction of sp³-hybridized carbons (Fsp3) is 0.278. The smallest absolute Gasteiger partial charge is 0.196 e. The highest BCUT2D eigenvalue weighted by atomic mass is 16.5. The van der Waals surface area contributed by atoms with Gasteiger partial charge < -0.3 is 9.47 Å². The van der Waals surface area contributed by atoms with Crippen LogP contribution < -0.4 is 9.47 Å². The molecule has 2 aromatic carbocycles. The number of rotatable bonds is 7. The van der Waals surface area contributed by atoms with Crippen LogP contribution in [0.4, 0.5) is 0 Å². The van der Waals surface area contributed by atoms with E-state index < -0.39 is 0 Å². The molecule has 0 aliphatic rings. The van der Waals surface area contributed by atoms with Gasteiger partial charge in [-0.25, -0.2) is 0 Å². The number of carbonyl (C=O) groups is 1. The molecule has 3 heteroatoms. The zero-order chi connectivity index (χ0) is 15.1. The van der Waals surface area contributed by atoms with E-state index in [1.54, 1.807) is 25.3 Å². The molecule has 2 aromatic rings. The van der Waals surface area contributed by atoms with Gasteiger partial charge in [-0.3, -0.25) is 4.79 Å². The third-order valence-corrected chi connectivity index (χ3v) is 3.22. The lowest BCUT2D eigenvalue weighted by Gasteiger charge is -2.12. The Labute approximate surface area is 125 Å². The molecule has 0 saturated heterocycles. The van der Waals surface area contributed by atoms with Crippen LogP contribution in [0.15, 0.2) is 48.5 Å². The molecule has 0 aromatic heterocycles. The van der Waals surface area contributed by atoms with Crippen molar-refractivity contribution in [1.82, 2.24) is 0 Å². The molecule has 21 heavy (non-hydrogen) atoms. The first-order valence-corrected chi connectivity index (χ1v) is 7.17. The van der Waals surface area contributed by atoms with Crippen molar-refractivity contribution in [1.29, 1.82) is 0 Å². The number of unbranched alkanes of at least 4 members (excludes halogenated alkanes) is 1. The van der Waals surface area contributed by atoms with Crippen LogP contribution in [0.5, 0.6) is 11.5 Å². The number of ether oxygens (including phenoxy) is 2. The Morgan fingerprint density at radius 2 is 1.86 bits per heavy atom. The van der Waals surface area contributed by atoms with Gasteiger partial charge >= 0.3 is 0 Å². The van der Waals surface area contributed by atoms with Gasteiger partial charge in [0.15, 0.2) is 5.78 Å². The van der Waals surface area contributed by atoms with Gasteiger partial charge in [0, 0.05) is 11.6 Å². The summed E-state index contributed by atoms with van der Waals surface area (Å²) in [5.74, 6) is 1.23. The first-order valence-electron chi connectivity index (χ1n) is 7.17. The molecule has 0 heterocycles. The van der Waals surface area contributed by atoms with Crippen LogP contribution >= 0.6 is 0 Å². The van der Waals surface area contributed by atoms with Crippen molar-refractivity contribution in [2.75, 3.05) is 13.7 Å². The van der Waals surface area contributed by atoms with E-state index in [4.69, 9.17) is 9.47 Å². The minimum absolute atomic E-state index is 0.0373. The summed E-state index contributed by atoms with van der Waals surface area (Å²) < 4.78 is 11.0. The monoisotopic (exact) mass is 284 g/mol. The van der Waals surface area contributed by atoms with Gasteiger partial charge in [-0.1, -0.05) is 43.7 Å². The summed E-state index contributed by atoms with van der Waals surface area (Å²) in [4.78, 5) is 12.6. The van der Waals surface area contributed by atoms with Crippen LogP contribution in [0.1, 0.15) is 35.7 Å². The Morgan fingerprint density at radius 3 is 2.52 bits per heavy atom. The highest BCUT2D eigenvalue weighted by Gasteiger charge is 2.15. The summed E-state index contributed by atoms with van der Waals surface area (Å²) in [6, 6.07) is 14.5. The van der Waals surface area contributed by atoms with E-state index in [2.05, 4.69) is 6.92 Å². The fourth-order valence-corrected chi connectivity index (χ4v) is 2.01. The summed E-state index contributed by atoms with van der Waals surface area (Å²) in [5, 5.41) is 0. The van der Waals surface area contributed by atoms with E-state index >= 15 is 0 Å². The Bertz CT molecular complexity index is 591. The maximum absolute atomic E-state index is 12.6. The molecule has 0 spiro atoms. The average molecular weight is 284 g/mol. The molecular formula is C18H20O3. The molecule has 0 bridgehead atoms. The molecule has 0 aliphatic heterocycles. The minimum atomic E-state index is -0.0373. The van der Waals surface area contributed by atoms with E-state index in [0.29, 0.717) is 29.2 Å². The van der Waals surface area contributed by atoms with Crippen LogP contribution in [-0.4, -0.2) is 19.5 Å². The summed E-state index contributed by atoms with van der Waals surface area (Å²) in [5.41, 5.74) is 1.22. The van der Waals surface area contributed by atoms with Crippen LogP contribution in [0.3, 0.4) is 0 Å². The van der Waals surface area contributed by atoms with Gasteiger partial charge in [0.2, 0.25) is 0 Å². The number of carbonyl (C=O) groups excluding carboxylic acids is 1. The molecule has 0 atom stereocenters. The number of ketones is 1. The van der Waals surface area contributed by atoms with Gasteiger partial charge in [-0.2, -0.15) is 0 Å². The SMILES string of the molecule is CCCCOc1cc(OC)ccc1C(=O)c1ccccc1. The van der Waals surface area contributed by atoms with Crippen LogP contribution in [-0.2, 0) is 0 Å². The first-order chi connectivity index (χ1) is 10.3. The van der Waals surface area contributed by atoms with Crippen LogP contribution in [0.2, 0.25) is 0 Å². The van der Waals surface area contributed by atoms with Gasteiger partial charge in [0.1, 0.15) is 11.5 Å². The molecule has 0 fully saturated rings. The summed E-state index contributed by atoms with van der Waals surface area (Å²) >= 11 is 0. The number of hydrogen-bond acceptors (Lipinski definition) is 3. The predicted octanol–water partition coefficient (Wildman–Crippen LogP) is 4.11. The molecule has 0 aliphatic carbocycles. The summed E-state index contributed by atoms with van der Waals surface area (Å²) in [6.45, 7) is 2.70. The molecule has 2 rings (SSSR count). The van der Waals surface area contributed by atoms with Gasteiger partial charge in [-0.15, -0.1) is 0 Å². The zero-order valence-electron chi connectivity index (χ0n) is 12.5. The maximum atomic E-state index is 12.6. The average Bonchev–Trinajstić information content (AvgIpc) is 2.55. The lowest BCUT2D eigenvalue weighted by Crippen LogP contribution is -2.06. The van der Waals surface area contributed by atoms with Crippen molar-refractivity contribution in [3.05, 3.63) is 59.7 Å². The van der Waals surface area contributed by atoms with E-state index in [1.165, 1.54) is 0 Å². The molecule has 110 valence electrons. The lowest BCUT2D eigenvalue weighted by atomic mass is 10.0. The third kappa shape index (κ3) is 3.85. The normalized spacial score (nSPS) is 10.2. The summed E-state index contributed by atoms with van der Waals surface area (Å²) in [7, 11) is 1.60. The quantitative estimate of drug-likeness (QED) is 0.567. The molecule has 0 radical (unpaired) electrons. The van der Waals surface area contributed by atoms with Crippen molar-refractivity contribution in [2.24, 2.45) is 0 Å². The Kier molecular flexibility index (Phi) is 5.38. The largest absolute Gasteiger partial charge is 0.497 e. The Hall–Kier alpha value is -2.29. The predicted molar refractivity (Wildman–Crippen MR) is 83.3 cm³/mol.